The summed E-state index contributed by atoms with van der Waals surface area (Å²) in [5.41, 5.74) is 1.06. The summed E-state index contributed by atoms with van der Waals surface area (Å²) in [5, 5.41) is 6.98. The van der Waals surface area contributed by atoms with E-state index in [4.69, 9.17) is 14.5 Å². The lowest BCUT2D eigenvalue weighted by molar-refractivity contribution is 0.265. The molecule has 0 spiro atoms. The number of hydrogen-bond donors (Lipinski definition) is 2. The average Bonchev–Trinajstić information content (AvgIpc) is 3.00. The third-order valence-electron chi connectivity index (χ3n) is 4.95. The first kappa shape index (κ1) is 21.8. The summed E-state index contributed by atoms with van der Waals surface area (Å²) in [6, 6.07) is 4.97. The highest BCUT2D eigenvalue weighted by molar-refractivity contribution is 9.10. The Morgan fingerprint density at radius 1 is 1.30 bits per heavy atom. The highest BCUT2D eigenvalue weighted by atomic mass is 79.9. The van der Waals surface area contributed by atoms with E-state index in [2.05, 4.69) is 59.2 Å². The second-order valence-electron chi connectivity index (χ2n) is 7.28. The average molecular weight is 441 g/mol. The molecule has 1 heterocycles. The van der Waals surface area contributed by atoms with Gasteiger partial charge in [-0.1, -0.05) is 6.92 Å². The predicted molar refractivity (Wildman–Crippen MR) is 115 cm³/mol. The molecule has 0 aliphatic carbocycles. The maximum Gasteiger partial charge on any atom is 0.191 e. The van der Waals surface area contributed by atoms with Crippen molar-refractivity contribution in [2.24, 2.45) is 10.9 Å². The van der Waals surface area contributed by atoms with Crippen LogP contribution in [0.25, 0.3) is 0 Å². The van der Waals surface area contributed by atoms with E-state index in [0.29, 0.717) is 36.0 Å². The fourth-order valence-corrected chi connectivity index (χ4v) is 3.99. The Morgan fingerprint density at radius 3 is 2.59 bits per heavy atom. The number of halogens is 1. The van der Waals surface area contributed by atoms with E-state index < -0.39 is 0 Å². The molecule has 2 atom stereocenters. The smallest absolute Gasteiger partial charge is 0.191 e. The first-order chi connectivity index (χ1) is 12.9. The number of guanidine groups is 1. The van der Waals surface area contributed by atoms with E-state index in [-0.39, 0.29) is 0 Å². The van der Waals surface area contributed by atoms with Crippen molar-refractivity contribution in [3.8, 4) is 11.5 Å². The second kappa shape index (κ2) is 10.2. The lowest BCUT2D eigenvalue weighted by Gasteiger charge is -2.22. The molecule has 2 rings (SSSR count). The van der Waals surface area contributed by atoms with Gasteiger partial charge in [-0.05, 0) is 60.3 Å². The molecule has 0 radical (unpaired) electrons. The minimum absolute atomic E-state index is 0.405. The van der Waals surface area contributed by atoms with Crippen molar-refractivity contribution < 1.29 is 9.47 Å². The topological polar surface area (TPSA) is 58.1 Å². The van der Waals surface area contributed by atoms with Gasteiger partial charge in [0.2, 0.25) is 0 Å². The number of rotatable bonds is 7. The third-order valence-corrected chi connectivity index (χ3v) is 5.54. The lowest BCUT2D eigenvalue weighted by Crippen LogP contribution is -2.46. The second-order valence-corrected chi connectivity index (χ2v) is 8.14. The molecule has 1 fully saturated rings. The van der Waals surface area contributed by atoms with E-state index in [0.717, 1.165) is 35.6 Å². The van der Waals surface area contributed by atoms with Gasteiger partial charge in [-0.3, -0.25) is 4.90 Å². The summed E-state index contributed by atoms with van der Waals surface area (Å²) in [4.78, 5) is 7.29. The fourth-order valence-electron chi connectivity index (χ4n) is 3.34. The van der Waals surface area contributed by atoms with Crippen LogP contribution in [0.15, 0.2) is 21.6 Å². The van der Waals surface area contributed by atoms with Crippen LogP contribution in [-0.2, 0) is 6.54 Å². The van der Waals surface area contributed by atoms with Gasteiger partial charge in [-0.2, -0.15) is 0 Å². The van der Waals surface area contributed by atoms with Gasteiger partial charge in [-0.15, -0.1) is 0 Å². The summed E-state index contributed by atoms with van der Waals surface area (Å²) in [6.45, 7) is 12.5. The molecule has 6 nitrogen and oxygen atoms in total. The predicted octanol–water partition coefficient (Wildman–Crippen LogP) is 3.25. The van der Waals surface area contributed by atoms with Crippen LogP contribution in [0.2, 0.25) is 0 Å². The summed E-state index contributed by atoms with van der Waals surface area (Å²) in [5.74, 6) is 2.84. The van der Waals surface area contributed by atoms with Crippen LogP contribution >= 0.6 is 15.9 Å². The Bertz CT molecular complexity index is 651. The van der Waals surface area contributed by atoms with E-state index in [1.807, 2.05) is 12.1 Å². The summed E-state index contributed by atoms with van der Waals surface area (Å²) >= 11 is 3.55. The largest absolute Gasteiger partial charge is 0.493 e. The van der Waals surface area contributed by atoms with E-state index in [1.54, 1.807) is 14.2 Å². The molecule has 0 amide bonds. The summed E-state index contributed by atoms with van der Waals surface area (Å²) in [6.07, 6.45) is 0. The number of aliphatic imine (C=N–C) groups is 1. The van der Waals surface area contributed by atoms with Crippen LogP contribution in [-0.4, -0.2) is 56.8 Å². The molecule has 2 N–H and O–H groups in total. The van der Waals surface area contributed by atoms with E-state index in [9.17, 15) is 0 Å². The Hall–Kier alpha value is -1.47. The number of hydrogen-bond acceptors (Lipinski definition) is 4. The molecule has 1 aliphatic heterocycles. The molecule has 1 aromatic rings. The van der Waals surface area contributed by atoms with E-state index in [1.165, 1.54) is 0 Å². The molecule has 27 heavy (non-hydrogen) atoms. The van der Waals surface area contributed by atoms with Crippen LogP contribution < -0.4 is 20.1 Å². The first-order valence-corrected chi connectivity index (χ1v) is 10.4. The van der Waals surface area contributed by atoms with Crippen LogP contribution in [0.5, 0.6) is 11.5 Å². The third kappa shape index (κ3) is 5.75. The summed E-state index contributed by atoms with van der Waals surface area (Å²) < 4.78 is 11.7. The molecular weight excluding hydrogens is 408 g/mol. The van der Waals surface area contributed by atoms with Crippen LogP contribution in [0.1, 0.15) is 33.3 Å². The first-order valence-electron chi connectivity index (χ1n) is 9.58. The van der Waals surface area contributed by atoms with E-state index >= 15 is 0 Å². The maximum absolute atomic E-state index is 5.43. The fraction of sp³-hybridized carbons (Fsp3) is 0.650. The van der Waals surface area contributed by atoms with Gasteiger partial charge in [-0.25, -0.2) is 4.99 Å². The zero-order valence-corrected chi connectivity index (χ0v) is 18.9. The molecule has 2 unspecified atom stereocenters. The molecule has 1 aliphatic rings. The van der Waals surface area contributed by atoms with Crippen LogP contribution in [0.4, 0.5) is 0 Å². The Kier molecular flexibility index (Phi) is 8.23. The number of ether oxygens (including phenoxy) is 2. The quantitative estimate of drug-likeness (QED) is 0.503. The van der Waals surface area contributed by atoms with Crippen molar-refractivity contribution in [2.75, 3.05) is 33.9 Å². The molecule has 0 bridgehead atoms. The van der Waals surface area contributed by atoms with Gasteiger partial charge in [0.25, 0.3) is 0 Å². The van der Waals surface area contributed by atoms with Gasteiger partial charge in [0.05, 0.1) is 25.2 Å². The Labute approximate surface area is 171 Å². The van der Waals surface area contributed by atoms with Crippen molar-refractivity contribution in [2.45, 2.75) is 46.3 Å². The number of nitrogens with one attached hydrogen (secondary N) is 2. The Morgan fingerprint density at radius 2 is 2.04 bits per heavy atom. The standard InChI is InChI=1S/C20H33BrN4O2/c1-7-22-20(24-17-12-25(13(2)3)11-14(17)4)23-10-15-8-16(21)19(27-6)18(9-15)26-5/h8-9,13-14,17H,7,10-12H2,1-6H3,(H2,22,23,24). The van der Waals surface area contributed by atoms with Crippen molar-refractivity contribution in [1.29, 1.82) is 0 Å². The van der Waals surface area contributed by atoms with Gasteiger partial charge in [0.1, 0.15) is 0 Å². The summed E-state index contributed by atoms with van der Waals surface area (Å²) in [7, 11) is 3.28. The molecule has 0 saturated carbocycles. The zero-order valence-electron chi connectivity index (χ0n) is 17.3. The van der Waals surface area contributed by atoms with Gasteiger partial charge in [0, 0.05) is 31.7 Å². The lowest BCUT2D eigenvalue weighted by atomic mass is 10.1. The van der Waals surface area contributed by atoms with Crippen molar-refractivity contribution in [3.63, 3.8) is 0 Å². The Balaban J connectivity index is 2.11. The van der Waals surface area contributed by atoms with Gasteiger partial charge in [0.15, 0.2) is 17.5 Å². The molecule has 1 saturated heterocycles. The van der Waals surface area contributed by atoms with Crippen LogP contribution in [0.3, 0.4) is 0 Å². The highest BCUT2D eigenvalue weighted by Crippen LogP contribution is 2.36. The highest BCUT2D eigenvalue weighted by Gasteiger charge is 2.31. The number of benzene rings is 1. The molecule has 1 aromatic carbocycles. The van der Waals surface area contributed by atoms with Crippen molar-refractivity contribution >= 4 is 21.9 Å². The minimum Gasteiger partial charge on any atom is -0.493 e. The molecule has 0 aromatic heterocycles. The number of likely N-dealkylation sites (tertiary alicyclic amines) is 1. The van der Waals surface area contributed by atoms with Gasteiger partial charge < -0.3 is 20.1 Å². The monoisotopic (exact) mass is 440 g/mol. The van der Waals surface area contributed by atoms with Crippen LogP contribution in [0, 0.1) is 5.92 Å². The SMILES string of the molecule is CCNC(=NCc1cc(Br)c(OC)c(OC)c1)NC1CN(C(C)C)CC1C. The van der Waals surface area contributed by atoms with Crippen molar-refractivity contribution in [1.82, 2.24) is 15.5 Å². The van der Waals surface area contributed by atoms with Gasteiger partial charge >= 0.3 is 0 Å². The molecule has 152 valence electrons. The normalized spacial score (nSPS) is 20.8. The van der Waals surface area contributed by atoms with Crippen molar-refractivity contribution in [3.05, 3.63) is 22.2 Å². The molecule has 7 heteroatoms. The minimum atomic E-state index is 0.405. The molecular formula is C20H33BrN4O2. The zero-order chi connectivity index (χ0) is 20.0. The number of nitrogens with zero attached hydrogens (tertiary/aromatic N) is 2. The number of methoxy groups -OCH3 is 2. The maximum atomic E-state index is 5.43.